The topological polar surface area (TPSA) is 9.23 Å². The van der Waals surface area contributed by atoms with E-state index >= 15 is 0 Å². The summed E-state index contributed by atoms with van der Waals surface area (Å²) in [7, 11) is -1.85. The van der Waals surface area contributed by atoms with Crippen LogP contribution in [0.1, 0.15) is 29.5 Å². The lowest BCUT2D eigenvalue weighted by Crippen LogP contribution is -2.45. The number of benzene rings is 3. The highest BCUT2D eigenvalue weighted by molar-refractivity contribution is 6.69. The maximum atomic E-state index is 7.05. The van der Waals surface area contributed by atoms with Gasteiger partial charge in [0.1, 0.15) is 5.60 Å². The van der Waals surface area contributed by atoms with Crippen molar-refractivity contribution in [3.05, 3.63) is 108 Å². The van der Waals surface area contributed by atoms with Crippen molar-refractivity contribution < 1.29 is 4.43 Å². The maximum Gasteiger partial charge on any atom is 0.185 e. The Morgan fingerprint density at radius 3 is 1.42 bits per heavy atom. The molecule has 26 heavy (non-hydrogen) atoms. The molecule has 1 atom stereocenters. The summed E-state index contributed by atoms with van der Waals surface area (Å²) in [6.07, 6.45) is 0. The van der Waals surface area contributed by atoms with Crippen LogP contribution in [0.5, 0.6) is 0 Å². The van der Waals surface area contributed by atoms with Crippen LogP contribution in [0.15, 0.2) is 91.0 Å². The zero-order chi connectivity index (χ0) is 18.6. The molecule has 0 aliphatic rings. The van der Waals surface area contributed by atoms with Gasteiger partial charge in [-0.2, -0.15) is 0 Å². The highest BCUT2D eigenvalue weighted by Gasteiger charge is 2.44. The molecule has 0 spiro atoms. The molecule has 1 nitrogen and oxygen atoms in total. The lowest BCUT2D eigenvalue weighted by molar-refractivity contribution is 0.0759. The van der Waals surface area contributed by atoms with E-state index in [1.807, 2.05) is 0 Å². The molecule has 0 aliphatic heterocycles. The SMILES string of the molecule is CC(c1ccccc1)C(O[Si](C)(C)C)(c1ccccc1)c1ccccc1. The van der Waals surface area contributed by atoms with Crippen LogP contribution in [0.2, 0.25) is 19.6 Å². The van der Waals surface area contributed by atoms with E-state index in [-0.39, 0.29) is 5.92 Å². The Labute approximate surface area is 158 Å². The molecule has 0 saturated carbocycles. The fourth-order valence-electron chi connectivity index (χ4n) is 3.70. The minimum Gasteiger partial charge on any atom is -0.403 e. The Kier molecular flexibility index (Phi) is 5.45. The van der Waals surface area contributed by atoms with Crippen molar-refractivity contribution in [3.63, 3.8) is 0 Å². The summed E-state index contributed by atoms with van der Waals surface area (Å²) >= 11 is 0. The summed E-state index contributed by atoms with van der Waals surface area (Å²) < 4.78 is 7.05. The first kappa shape index (κ1) is 18.6. The van der Waals surface area contributed by atoms with Gasteiger partial charge in [-0.25, -0.2) is 0 Å². The normalized spacial score (nSPS) is 13.4. The Bertz CT molecular complexity index is 768. The molecule has 0 fully saturated rings. The van der Waals surface area contributed by atoms with Gasteiger partial charge in [-0.1, -0.05) is 97.9 Å². The standard InChI is InChI=1S/C24H28OSi/c1-20(21-14-8-5-9-15-21)24(25-26(2,3)4,22-16-10-6-11-17-22)23-18-12-7-13-19-23/h5-20H,1-4H3. The van der Waals surface area contributed by atoms with E-state index in [1.165, 1.54) is 16.7 Å². The molecule has 0 N–H and O–H groups in total. The van der Waals surface area contributed by atoms with Crippen LogP contribution in [0.25, 0.3) is 0 Å². The molecule has 3 aromatic rings. The average Bonchev–Trinajstić information content (AvgIpc) is 2.67. The van der Waals surface area contributed by atoms with Gasteiger partial charge >= 0.3 is 0 Å². The number of hydrogen-bond acceptors (Lipinski definition) is 1. The third-order valence-electron chi connectivity index (χ3n) is 4.78. The summed E-state index contributed by atoms with van der Waals surface area (Å²) in [6, 6.07) is 32.1. The number of rotatable bonds is 6. The molecule has 3 rings (SSSR count). The molecule has 0 radical (unpaired) electrons. The van der Waals surface area contributed by atoms with Gasteiger partial charge in [-0.05, 0) is 36.3 Å². The second-order valence-electron chi connectivity index (χ2n) is 7.81. The van der Waals surface area contributed by atoms with Gasteiger partial charge in [-0.15, -0.1) is 0 Å². The highest BCUT2D eigenvalue weighted by atomic mass is 28.4. The molecule has 2 heteroatoms. The minimum absolute atomic E-state index is 0.181. The Hall–Kier alpha value is -2.16. The smallest absolute Gasteiger partial charge is 0.185 e. The fraction of sp³-hybridized carbons (Fsp3) is 0.250. The van der Waals surface area contributed by atoms with E-state index in [2.05, 4.69) is 118 Å². The lowest BCUT2D eigenvalue weighted by atomic mass is 9.74. The second kappa shape index (κ2) is 7.61. The van der Waals surface area contributed by atoms with Gasteiger partial charge in [0.2, 0.25) is 0 Å². The minimum atomic E-state index is -1.85. The van der Waals surface area contributed by atoms with Gasteiger partial charge in [0.15, 0.2) is 8.32 Å². The van der Waals surface area contributed by atoms with Crippen LogP contribution in [-0.2, 0) is 10.0 Å². The Balaban J connectivity index is 2.28. The van der Waals surface area contributed by atoms with Crippen LogP contribution in [0, 0.1) is 0 Å². The molecule has 1 unspecified atom stereocenters. The molecule has 0 bridgehead atoms. The van der Waals surface area contributed by atoms with Crippen LogP contribution in [0.4, 0.5) is 0 Å². The average molecular weight is 361 g/mol. The van der Waals surface area contributed by atoms with Crippen molar-refractivity contribution in [1.82, 2.24) is 0 Å². The summed E-state index contributed by atoms with van der Waals surface area (Å²) in [5, 5.41) is 0. The largest absolute Gasteiger partial charge is 0.403 e. The quantitative estimate of drug-likeness (QED) is 0.451. The molecular weight excluding hydrogens is 332 g/mol. The second-order valence-corrected chi connectivity index (χ2v) is 12.2. The van der Waals surface area contributed by atoms with E-state index in [1.54, 1.807) is 0 Å². The summed E-state index contributed by atoms with van der Waals surface area (Å²) in [5.41, 5.74) is 3.21. The Morgan fingerprint density at radius 1 is 0.654 bits per heavy atom. The Morgan fingerprint density at radius 2 is 1.04 bits per heavy atom. The van der Waals surface area contributed by atoms with Gasteiger partial charge < -0.3 is 4.43 Å². The summed E-state index contributed by atoms with van der Waals surface area (Å²) in [4.78, 5) is 0. The summed E-state index contributed by atoms with van der Waals surface area (Å²) in [6.45, 7) is 9.09. The lowest BCUT2D eigenvalue weighted by Gasteiger charge is -2.45. The first-order valence-electron chi connectivity index (χ1n) is 9.29. The van der Waals surface area contributed by atoms with Crippen molar-refractivity contribution >= 4 is 8.32 Å². The van der Waals surface area contributed by atoms with Crippen molar-refractivity contribution in [1.29, 1.82) is 0 Å². The first-order valence-corrected chi connectivity index (χ1v) is 12.7. The predicted molar refractivity (Wildman–Crippen MR) is 113 cm³/mol. The molecule has 0 aromatic heterocycles. The zero-order valence-corrected chi connectivity index (χ0v) is 17.1. The molecule has 134 valence electrons. The van der Waals surface area contributed by atoms with Crippen molar-refractivity contribution in [2.75, 3.05) is 0 Å². The van der Waals surface area contributed by atoms with Crippen LogP contribution in [-0.4, -0.2) is 8.32 Å². The van der Waals surface area contributed by atoms with Crippen LogP contribution >= 0.6 is 0 Å². The van der Waals surface area contributed by atoms with E-state index in [0.29, 0.717) is 0 Å². The molecular formula is C24H28OSi. The first-order chi connectivity index (χ1) is 12.4. The number of hydrogen-bond donors (Lipinski definition) is 0. The van der Waals surface area contributed by atoms with Crippen molar-refractivity contribution in [2.24, 2.45) is 0 Å². The molecule has 0 aliphatic carbocycles. The molecule has 0 heterocycles. The van der Waals surface area contributed by atoms with Gasteiger partial charge in [-0.3, -0.25) is 0 Å². The molecule has 3 aromatic carbocycles. The van der Waals surface area contributed by atoms with Gasteiger partial charge in [0.05, 0.1) is 0 Å². The van der Waals surface area contributed by atoms with Crippen molar-refractivity contribution in [3.8, 4) is 0 Å². The fourth-order valence-corrected chi connectivity index (χ4v) is 5.08. The van der Waals surface area contributed by atoms with E-state index in [0.717, 1.165) is 0 Å². The van der Waals surface area contributed by atoms with Gasteiger partial charge in [0.25, 0.3) is 0 Å². The maximum absolute atomic E-state index is 7.05. The highest BCUT2D eigenvalue weighted by Crippen LogP contribution is 2.47. The summed E-state index contributed by atoms with van der Waals surface area (Å²) in [5.74, 6) is 0.181. The van der Waals surface area contributed by atoms with E-state index in [9.17, 15) is 0 Å². The third kappa shape index (κ3) is 3.82. The van der Waals surface area contributed by atoms with Crippen molar-refractivity contribution in [2.45, 2.75) is 38.1 Å². The van der Waals surface area contributed by atoms with Crippen LogP contribution < -0.4 is 0 Å². The van der Waals surface area contributed by atoms with Crippen LogP contribution in [0.3, 0.4) is 0 Å². The third-order valence-corrected chi connectivity index (χ3v) is 5.72. The zero-order valence-electron chi connectivity index (χ0n) is 16.1. The molecule has 0 amide bonds. The monoisotopic (exact) mass is 360 g/mol. The van der Waals surface area contributed by atoms with E-state index < -0.39 is 13.9 Å². The van der Waals surface area contributed by atoms with Gasteiger partial charge in [0, 0.05) is 5.92 Å². The van der Waals surface area contributed by atoms with E-state index in [4.69, 9.17) is 4.43 Å². The predicted octanol–water partition coefficient (Wildman–Crippen LogP) is 6.59. The molecule has 0 saturated heterocycles.